The highest BCUT2D eigenvalue weighted by Gasteiger charge is 2.13. The summed E-state index contributed by atoms with van der Waals surface area (Å²) in [5, 5.41) is 0. The van der Waals surface area contributed by atoms with E-state index >= 15 is 0 Å². The summed E-state index contributed by atoms with van der Waals surface area (Å²) in [7, 11) is 0. The minimum atomic E-state index is 0.162. The van der Waals surface area contributed by atoms with Crippen LogP contribution < -0.4 is 0 Å². The van der Waals surface area contributed by atoms with Gasteiger partial charge >= 0.3 is 0 Å². The van der Waals surface area contributed by atoms with E-state index in [1.807, 2.05) is 0 Å². The molecule has 0 saturated heterocycles. The number of hydrogen-bond donors (Lipinski definition) is 0. The standard InChI is InChI=1S/C13H19BrO/c1-9(2)10(3)15-11(4)12-5-7-13(14)8-6-12/h5-11H,1-4H3/t10-,11+/m0/s1. The van der Waals surface area contributed by atoms with Gasteiger partial charge in [-0.2, -0.15) is 0 Å². The predicted molar refractivity (Wildman–Crippen MR) is 67.9 cm³/mol. The molecule has 0 amide bonds. The van der Waals surface area contributed by atoms with Crippen molar-refractivity contribution in [2.24, 2.45) is 5.92 Å². The highest BCUT2D eigenvalue weighted by molar-refractivity contribution is 9.10. The Balaban J connectivity index is 2.61. The van der Waals surface area contributed by atoms with Crippen LogP contribution in [0.2, 0.25) is 0 Å². The minimum absolute atomic E-state index is 0.162. The molecule has 0 aliphatic rings. The van der Waals surface area contributed by atoms with Crippen molar-refractivity contribution in [3.8, 4) is 0 Å². The molecule has 0 heterocycles. The van der Waals surface area contributed by atoms with Crippen LogP contribution >= 0.6 is 15.9 Å². The molecule has 0 N–H and O–H groups in total. The van der Waals surface area contributed by atoms with Crippen LogP contribution in [0.4, 0.5) is 0 Å². The van der Waals surface area contributed by atoms with Gasteiger partial charge in [-0.25, -0.2) is 0 Å². The number of halogens is 1. The zero-order valence-electron chi connectivity index (χ0n) is 9.83. The van der Waals surface area contributed by atoms with Crippen LogP contribution in [-0.4, -0.2) is 6.10 Å². The van der Waals surface area contributed by atoms with Crippen molar-refractivity contribution in [2.45, 2.75) is 39.9 Å². The first kappa shape index (κ1) is 12.7. The Hall–Kier alpha value is -0.340. The fourth-order valence-electron chi connectivity index (χ4n) is 1.29. The lowest BCUT2D eigenvalue weighted by molar-refractivity contribution is -0.0172. The fraction of sp³-hybridized carbons (Fsp3) is 0.538. The van der Waals surface area contributed by atoms with Crippen LogP contribution in [0.25, 0.3) is 0 Å². The summed E-state index contributed by atoms with van der Waals surface area (Å²) in [6.07, 6.45) is 0.458. The molecule has 2 atom stereocenters. The Kier molecular flexibility index (Phi) is 4.81. The van der Waals surface area contributed by atoms with Crippen molar-refractivity contribution in [3.63, 3.8) is 0 Å². The normalized spacial score (nSPS) is 15.3. The maximum atomic E-state index is 5.92. The van der Waals surface area contributed by atoms with Gasteiger partial charge in [-0.05, 0) is 37.5 Å². The molecule has 0 aliphatic heterocycles. The largest absolute Gasteiger partial charge is 0.371 e. The Morgan fingerprint density at radius 3 is 2.00 bits per heavy atom. The summed E-state index contributed by atoms with van der Waals surface area (Å²) >= 11 is 3.43. The van der Waals surface area contributed by atoms with Gasteiger partial charge in [-0.15, -0.1) is 0 Å². The minimum Gasteiger partial charge on any atom is -0.371 e. The Bertz CT molecular complexity index is 292. The van der Waals surface area contributed by atoms with E-state index in [1.54, 1.807) is 0 Å². The molecule has 0 unspecified atom stereocenters. The summed E-state index contributed by atoms with van der Waals surface area (Å²) < 4.78 is 7.03. The van der Waals surface area contributed by atoms with Crippen LogP contribution in [0.15, 0.2) is 28.7 Å². The zero-order valence-corrected chi connectivity index (χ0v) is 11.4. The number of rotatable bonds is 4. The first-order chi connectivity index (χ1) is 7.00. The second-order valence-electron chi connectivity index (χ2n) is 4.28. The molecule has 15 heavy (non-hydrogen) atoms. The SMILES string of the molecule is CC(C)[C@H](C)O[C@H](C)c1ccc(Br)cc1. The van der Waals surface area contributed by atoms with E-state index in [0.717, 1.165) is 4.47 Å². The Labute approximate surface area is 101 Å². The van der Waals surface area contributed by atoms with Gasteiger partial charge in [-0.3, -0.25) is 0 Å². The van der Waals surface area contributed by atoms with Crippen molar-refractivity contribution in [3.05, 3.63) is 34.3 Å². The lowest BCUT2D eigenvalue weighted by atomic mass is 10.1. The highest BCUT2D eigenvalue weighted by Crippen LogP contribution is 2.22. The zero-order chi connectivity index (χ0) is 11.4. The topological polar surface area (TPSA) is 9.23 Å². The molecule has 1 aromatic rings. The van der Waals surface area contributed by atoms with Gasteiger partial charge in [0.2, 0.25) is 0 Å². The molecule has 1 aromatic carbocycles. The molecule has 0 bridgehead atoms. The lowest BCUT2D eigenvalue weighted by Gasteiger charge is -2.22. The predicted octanol–water partition coefficient (Wildman–Crippen LogP) is 4.57. The van der Waals surface area contributed by atoms with Crippen molar-refractivity contribution >= 4 is 15.9 Å². The van der Waals surface area contributed by atoms with Crippen molar-refractivity contribution in [1.82, 2.24) is 0 Å². The summed E-state index contributed by atoms with van der Waals surface area (Å²) in [5.74, 6) is 0.558. The van der Waals surface area contributed by atoms with Gasteiger partial charge in [0.05, 0.1) is 12.2 Å². The average molecular weight is 271 g/mol. The first-order valence-corrected chi connectivity index (χ1v) is 6.21. The van der Waals surface area contributed by atoms with Crippen LogP contribution in [0.3, 0.4) is 0 Å². The molecular weight excluding hydrogens is 252 g/mol. The maximum absolute atomic E-state index is 5.92. The molecule has 1 nitrogen and oxygen atoms in total. The molecule has 0 saturated carbocycles. The van der Waals surface area contributed by atoms with Crippen LogP contribution in [-0.2, 0) is 4.74 Å². The summed E-state index contributed by atoms with van der Waals surface area (Å²) in [4.78, 5) is 0. The van der Waals surface area contributed by atoms with Gasteiger partial charge in [0, 0.05) is 4.47 Å². The first-order valence-electron chi connectivity index (χ1n) is 5.41. The molecule has 84 valence electrons. The third-order valence-corrected chi connectivity index (χ3v) is 3.23. The van der Waals surface area contributed by atoms with Gasteiger partial charge in [0.1, 0.15) is 0 Å². The molecule has 1 rings (SSSR count). The second kappa shape index (κ2) is 5.66. The average Bonchev–Trinajstić information content (AvgIpc) is 2.18. The van der Waals surface area contributed by atoms with E-state index in [1.165, 1.54) is 5.56 Å². The van der Waals surface area contributed by atoms with E-state index in [9.17, 15) is 0 Å². The van der Waals surface area contributed by atoms with E-state index in [2.05, 4.69) is 67.9 Å². The van der Waals surface area contributed by atoms with E-state index < -0.39 is 0 Å². The third-order valence-electron chi connectivity index (χ3n) is 2.70. The Morgan fingerprint density at radius 1 is 1.00 bits per heavy atom. The monoisotopic (exact) mass is 270 g/mol. The van der Waals surface area contributed by atoms with Crippen LogP contribution in [0.1, 0.15) is 39.4 Å². The molecular formula is C13H19BrO. The highest BCUT2D eigenvalue weighted by atomic mass is 79.9. The molecule has 2 heteroatoms. The van der Waals surface area contributed by atoms with Crippen LogP contribution in [0.5, 0.6) is 0 Å². The van der Waals surface area contributed by atoms with E-state index in [4.69, 9.17) is 4.74 Å². The molecule has 0 spiro atoms. The maximum Gasteiger partial charge on any atom is 0.0800 e. The van der Waals surface area contributed by atoms with Gasteiger partial charge in [-0.1, -0.05) is 41.9 Å². The fourth-order valence-corrected chi connectivity index (χ4v) is 1.56. The van der Waals surface area contributed by atoms with Crippen molar-refractivity contribution < 1.29 is 4.74 Å². The van der Waals surface area contributed by atoms with Gasteiger partial charge < -0.3 is 4.74 Å². The number of hydrogen-bond acceptors (Lipinski definition) is 1. The molecule has 0 aromatic heterocycles. The smallest absolute Gasteiger partial charge is 0.0800 e. The summed E-state index contributed by atoms with van der Waals surface area (Å²) in [6, 6.07) is 8.30. The van der Waals surface area contributed by atoms with E-state index in [-0.39, 0.29) is 6.10 Å². The van der Waals surface area contributed by atoms with Crippen molar-refractivity contribution in [2.75, 3.05) is 0 Å². The van der Waals surface area contributed by atoms with E-state index in [0.29, 0.717) is 12.0 Å². The third kappa shape index (κ3) is 3.96. The molecule has 0 radical (unpaired) electrons. The summed E-state index contributed by atoms with van der Waals surface area (Å²) in [6.45, 7) is 8.58. The van der Waals surface area contributed by atoms with Gasteiger partial charge in [0.15, 0.2) is 0 Å². The molecule has 0 aliphatic carbocycles. The second-order valence-corrected chi connectivity index (χ2v) is 5.19. The van der Waals surface area contributed by atoms with Crippen molar-refractivity contribution in [1.29, 1.82) is 0 Å². The molecule has 0 fully saturated rings. The Morgan fingerprint density at radius 2 is 1.53 bits per heavy atom. The number of benzene rings is 1. The van der Waals surface area contributed by atoms with Gasteiger partial charge in [0.25, 0.3) is 0 Å². The number of ether oxygens (including phenoxy) is 1. The lowest BCUT2D eigenvalue weighted by Crippen LogP contribution is -2.17. The summed E-state index contributed by atoms with van der Waals surface area (Å²) in [5.41, 5.74) is 1.23. The quantitative estimate of drug-likeness (QED) is 0.779. The van der Waals surface area contributed by atoms with Crippen LogP contribution in [0, 0.1) is 5.92 Å².